The fourth-order valence-corrected chi connectivity index (χ4v) is 3.33. The predicted octanol–water partition coefficient (Wildman–Crippen LogP) is 3.02. The Labute approximate surface area is 102 Å². The lowest BCUT2D eigenvalue weighted by Gasteiger charge is -2.37. The zero-order valence-corrected chi connectivity index (χ0v) is 11.5. The van der Waals surface area contributed by atoms with Crippen molar-refractivity contribution in [3.8, 4) is 0 Å². The van der Waals surface area contributed by atoms with E-state index in [9.17, 15) is 4.79 Å². The summed E-state index contributed by atoms with van der Waals surface area (Å²) in [7, 11) is 1.75. The summed E-state index contributed by atoms with van der Waals surface area (Å²) in [4.78, 5) is 11.3. The Balaban J connectivity index is 2.55. The molecule has 1 aliphatic rings. The molecule has 0 aliphatic heterocycles. The molecule has 1 nitrogen and oxygen atoms in total. The molecule has 0 aromatic heterocycles. The van der Waals surface area contributed by atoms with Crippen LogP contribution < -0.4 is 0 Å². The van der Waals surface area contributed by atoms with E-state index in [-0.39, 0.29) is 0 Å². The first-order chi connectivity index (χ1) is 7.54. The van der Waals surface area contributed by atoms with Crippen LogP contribution in [0.1, 0.15) is 59.3 Å². The zero-order chi connectivity index (χ0) is 12.1. The molecule has 1 fully saturated rings. The van der Waals surface area contributed by atoms with Crippen LogP contribution in [0.25, 0.3) is 0 Å². The van der Waals surface area contributed by atoms with Crippen LogP contribution in [-0.2, 0) is 4.79 Å². The average molecular weight is 222 g/mol. The maximum atomic E-state index is 11.3. The minimum atomic E-state index is 0.383. The van der Waals surface area contributed by atoms with Crippen molar-refractivity contribution in [1.82, 2.24) is 0 Å². The Bertz CT molecular complexity index is 225. The van der Waals surface area contributed by atoms with Crippen molar-refractivity contribution in [3.05, 3.63) is 0 Å². The molecule has 0 saturated heterocycles. The quantitative estimate of drug-likeness (QED) is 0.653. The Morgan fingerprint density at radius 3 is 2.50 bits per heavy atom. The Morgan fingerprint density at radius 1 is 1.31 bits per heavy atom. The highest BCUT2D eigenvalue weighted by Crippen LogP contribution is 2.41. The lowest BCUT2D eigenvalue weighted by Crippen LogP contribution is -2.29. The van der Waals surface area contributed by atoms with Gasteiger partial charge in [0, 0.05) is 0 Å². The highest BCUT2D eigenvalue weighted by atomic mass is 16.1. The Kier molecular flexibility index (Phi) is 5.58. The Morgan fingerprint density at radius 2 is 2.00 bits per heavy atom. The number of rotatable bonds is 5. The molecule has 0 spiro atoms. The van der Waals surface area contributed by atoms with Crippen LogP contribution in [0.15, 0.2) is 0 Å². The van der Waals surface area contributed by atoms with Crippen molar-refractivity contribution in [1.29, 1.82) is 0 Å². The minimum Gasteiger partial charge on any atom is -0.312 e. The molecule has 0 radical (unpaired) electrons. The third kappa shape index (κ3) is 3.95. The van der Waals surface area contributed by atoms with Gasteiger partial charge in [-0.05, 0) is 49.4 Å². The number of carbonyl (C=O) groups is 1. The number of hydrogen-bond donors (Lipinski definition) is 0. The highest BCUT2D eigenvalue weighted by Gasteiger charge is 2.31. The van der Waals surface area contributed by atoms with Gasteiger partial charge in [0.25, 0.3) is 0 Å². The third-order valence-corrected chi connectivity index (χ3v) is 4.33. The second kappa shape index (κ2) is 6.47. The van der Waals surface area contributed by atoms with E-state index in [1.165, 1.54) is 32.1 Å². The molecule has 1 rings (SSSR count). The highest BCUT2D eigenvalue weighted by molar-refractivity contribution is 6.57. The summed E-state index contributed by atoms with van der Waals surface area (Å²) in [6.45, 7) is 6.96. The van der Waals surface area contributed by atoms with Gasteiger partial charge in [-0.1, -0.05) is 33.6 Å². The van der Waals surface area contributed by atoms with Gasteiger partial charge >= 0.3 is 0 Å². The van der Waals surface area contributed by atoms with Gasteiger partial charge in [0.1, 0.15) is 0 Å². The van der Waals surface area contributed by atoms with Crippen molar-refractivity contribution < 1.29 is 4.79 Å². The van der Waals surface area contributed by atoms with Gasteiger partial charge in [-0.3, -0.25) is 0 Å². The molecular weight excluding hydrogens is 195 g/mol. The van der Waals surface area contributed by atoms with Crippen molar-refractivity contribution in [3.63, 3.8) is 0 Å². The van der Waals surface area contributed by atoms with E-state index in [1.54, 1.807) is 7.85 Å². The van der Waals surface area contributed by atoms with E-state index < -0.39 is 0 Å². The third-order valence-electron chi connectivity index (χ3n) is 4.33. The molecule has 0 amide bonds. The van der Waals surface area contributed by atoms with Gasteiger partial charge in [-0.15, -0.1) is 0 Å². The molecule has 1 aliphatic carbocycles. The summed E-state index contributed by atoms with van der Waals surface area (Å²) < 4.78 is 0. The lowest BCUT2D eigenvalue weighted by atomic mass is 9.67. The van der Waals surface area contributed by atoms with Crippen LogP contribution >= 0.6 is 0 Å². The molecule has 0 bridgehead atoms. The maximum absolute atomic E-state index is 11.3. The average Bonchev–Trinajstić information content (AvgIpc) is 2.20. The SMILES string of the molecule is BC(=O)CC1CCC(C(C)C)CC1CCC. The van der Waals surface area contributed by atoms with E-state index in [4.69, 9.17) is 0 Å². The second-order valence-corrected chi connectivity index (χ2v) is 6.03. The molecule has 0 N–H and O–H groups in total. The van der Waals surface area contributed by atoms with Gasteiger partial charge in [0.15, 0.2) is 7.85 Å². The Hall–Kier alpha value is -0.265. The van der Waals surface area contributed by atoms with Crippen molar-refractivity contribution in [2.75, 3.05) is 0 Å². The summed E-state index contributed by atoms with van der Waals surface area (Å²) in [5.74, 6) is 3.22. The lowest BCUT2D eigenvalue weighted by molar-refractivity contribution is -0.113. The minimum absolute atomic E-state index is 0.383. The fraction of sp³-hybridized carbons (Fsp3) is 0.929. The van der Waals surface area contributed by atoms with Crippen LogP contribution in [0.3, 0.4) is 0 Å². The van der Waals surface area contributed by atoms with Crippen molar-refractivity contribution >= 4 is 13.5 Å². The summed E-state index contributed by atoms with van der Waals surface area (Å²) in [5, 5.41) is 0. The zero-order valence-electron chi connectivity index (χ0n) is 11.5. The molecule has 0 aromatic rings. The van der Waals surface area contributed by atoms with E-state index in [2.05, 4.69) is 20.8 Å². The topological polar surface area (TPSA) is 17.1 Å². The van der Waals surface area contributed by atoms with Gasteiger partial charge in [-0.25, -0.2) is 0 Å². The van der Waals surface area contributed by atoms with Crippen LogP contribution in [0.4, 0.5) is 0 Å². The molecule has 0 aromatic carbocycles. The smallest absolute Gasteiger partial charge is 0.187 e. The van der Waals surface area contributed by atoms with Gasteiger partial charge in [0.2, 0.25) is 0 Å². The standard InChI is InChI=1S/C14H27BO/c1-4-5-12-8-11(10(2)3)6-7-13(12)9-14(15)16/h10-13H,4-9,15H2,1-3H3. The van der Waals surface area contributed by atoms with E-state index in [0.717, 1.165) is 24.2 Å². The van der Waals surface area contributed by atoms with Gasteiger partial charge in [-0.2, -0.15) is 0 Å². The van der Waals surface area contributed by atoms with E-state index in [0.29, 0.717) is 11.6 Å². The largest absolute Gasteiger partial charge is 0.312 e. The first-order valence-electron chi connectivity index (χ1n) is 7.04. The molecular formula is C14H27BO. The van der Waals surface area contributed by atoms with Crippen LogP contribution in [0.2, 0.25) is 0 Å². The molecule has 16 heavy (non-hydrogen) atoms. The molecule has 1 saturated carbocycles. The molecule has 92 valence electrons. The van der Waals surface area contributed by atoms with Crippen LogP contribution in [0.5, 0.6) is 0 Å². The van der Waals surface area contributed by atoms with Gasteiger partial charge < -0.3 is 4.79 Å². The van der Waals surface area contributed by atoms with Crippen LogP contribution in [0, 0.1) is 23.7 Å². The van der Waals surface area contributed by atoms with E-state index >= 15 is 0 Å². The molecule has 3 atom stereocenters. The summed E-state index contributed by atoms with van der Waals surface area (Å²) in [5.41, 5.74) is 0.383. The normalized spacial score (nSPS) is 30.6. The molecule has 2 heteroatoms. The maximum Gasteiger partial charge on any atom is 0.187 e. The summed E-state index contributed by atoms with van der Waals surface area (Å²) in [6.07, 6.45) is 7.41. The van der Waals surface area contributed by atoms with Crippen molar-refractivity contribution in [2.24, 2.45) is 23.7 Å². The number of hydrogen-bond acceptors (Lipinski definition) is 1. The summed E-state index contributed by atoms with van der Waals surface area (Å²) >= 11 is 0. The first kappa shape index (κ1) is 13.8. The van der Waals surface area contributed by atoms with Crippen LogP contribution in [-0.4, -0.2) is 13.5 Å². The van der Waals surface area contributed by atoms with Crippen molar-refractivity contribution in [2.45, 2.75) is 59.3 Å². The monoisotopic (exact) mass is 222 g/mol. The fourth-order valence-electron chi connectivity index (χ4n) is 3.33. The summed E-state index contributed by atoms with van der Waals surface area (Å²) in [6, 6.07) is 0. The van der Waals surface area contributed by atoms with Gasteiger partial charge in [0.05, 0.1) is 5.68 Å². The molecule has 0 heterocycles. The predicted molar refractivity (Wildman–Crippen MR) is 72.2 cm³/mol. The second-order valence-electron chi connectivity index (χ2n) is 6.03. The number of carbonyl (C=O) groups excluding carboxylic acids is 1. The first-order valence-corrected chi connectivity index (χ1v) is 7.04. The molecule has 3 unspecified atom stereocenters. The van der Waals surface area contributed by atoms with E-state index in [1.807, 2.05) is 0 Å².